The number of aryl methyl sites for hydroxylation is 3. The SMILES string of the molecule is Cc1ccc(NC(=O)CN(C)C(=O)c2ccc(-n3c(C)ccc3C)cc2)cc1. The maximum atomic E-state index is 12.6. The van der Waals surface area contributed by atoms with Crippen molar-refractivity contribution < 1.29 is 9.59 Å². The van der Waals surface area contributed by atoms with Gasteiger partial charge >= 0.3 is 0 Å². The number of benzene rings is 2. The molecular weight excluding hydrogens is 350 g/mol. The maximum Gasteiger partial charge on any atom is 0.254 e. The van der Waals surface area contributed by atoms with Crippen LogP contribution in [0.2, 0.25) is 0 Å². The first-order valence-electron chi connectivity index (χ1n) is 9.22. The lowest BCUT2D eigenvalue weighted by molar-refractivity contribution is -0.116. The molecule has 2 amide bonds. The first kappa shape index (κ1) is 19.4. The van der Waals surface area contributed by atoms with E-state index in [-0.39, 0.29) is 18.4 Å². The van der Waals surface area contributed by atoms with Crippen molar-refractivity contribution in [1.82, 2.24) is 9.47 Å². The van der Waals surface area contributed by atoms with E-state index in [9.17, 15) is 9.59 Å². The molecule has 0 radical (unpaired) electrons. The van der Waals surface area contributed by atoms with Crippen LogP contribution >= 0.6 is 0 Å². The Balaban J connectivity index is 1.64. The molecule has 0 aliphatic carbocycles. The van der Waals surface area contributed by atoms with Crippen LogP contribution in [0.3, 0.4) is 0 Å². The molecule has 5 nitrogen and oxygen atoms in total. The van der Waals surface area contributed by atoms with Crippen LogP contribution in [0.4, 0.5) is 5.69 Å². The number of likely N-dealkylation sites (N-methyl/N-ethyl adjacent to an activating group) is 1. The Morgan fingerprint density at radius 1 is 0.857 bits per heavy atom. The average Bonchev–Trinajstić information content (AvgIpc) is 3.01. The summed E-state index contributed by atoms with van der Waals surface area (Å²) in [5.74, 6) is -0.415. The second-order valence-electron chi connectivity index (χ2n) is 7.07. The molecule has 5 heteroatoms. The van der Waals surface area contributed by atoms with Crippen molar-refractivity contribution in [2.24, 2.45) is 0 Å². The Kier molecular flexibility index (Phi) is 5.64. The van der Waals surface area contributed by atoms with Gasteiger partial charge in [0.05, 0.1) is 6.54 Å². The van der Waals surface area contributed by atoms with E-state index in [0.717, 1.165) is 28.3 Å². The lowest BCUT2D eigenvalue weighted by Crippen LogP contribution is -2.34. The highest BCUT2D eigenvalue weighted by molar-refractivity contribution is 5.99. The van der Waals surface area contributed by atoms with Gasteiger partial charge in [-0.2, -0.15) is 0 Å². The van der Waals surface area contributed by atoms with Crippen molar-refractivity contribution in [3.05, 3.63) is 83.2 Å². The number of hydrogen-bond donors (Lipinski definition) is 1. The zero-order valence-electron chi connectivity index (χ0n) is 16.7. The summed E-state index contributed by atoms with van der Waals surface area (Å²) in [6.07, 6.45) is 0. The minimum absolute atomic E-state index is 0.00964. The van der Waals surface area contributed by atoms with Gasteiger partial charge in [0.25, 0.3) is 5.91 Å². The van der Waals surface area contributed by atoms with Crippen LogP contribution in [0.5, 0.6) is 0 Å². The molecule has 0 aliphatic rings. The number of nitrogens with zero attached hydrogens (tertiary/aromatic N) is 2. The van der Waals surface area contributed by atoms with E-state index in [1.807, 2.05) is 57.2 Å². The molecule has 0 aliphatic heterocycles. The molecule has 3 aromatic rings. The molecule has 28 heavy (non-hydrogen) atoms. The minimum Gasteiger partial charge on any atom is -0.332 e. The number of carbonyl (C=O) groups excluding carboxylic acids is 2. The highest BCUT2D eigenvalue weighted by atomic mass is 16.2. The van der Waals surface area contributed by atoms with E-state index in [1.54, 1.807) is 19.2 Å². The molecule has 0 atom stereocenters. The average molecular weight is 375 g/mol. The molecule has 144 valence electrons. The third kappa shape index (κ3) is 4.31. The smallest absolute Gasteiger partial charge is 0.254 e. The molecule has 0 saturated heterocycles. The minimum atomic E-state index is -0.227. The summed E-state index contributed by atoms with van der Waals surface area (Å²) in [4.78, 5) is 26.3. The van der Waals surface area contributed by atoms with Crippen LogP contribution in [0.15, 0.2) is 60.7 Å². The number of aromatic nitrogens is 1. The quantitative estimate of drug-likeness (QED) is 0.729. The van der Waals surface area contributed by atoms with Gasteiger partial charge in [-0.05, 0) is 69.3 Å². The Morgan fingerprint density at radius 3 is 2.00 bits per heavy atom. The van der Waals surface area contributed by atoms with Gasteiger partial charge < -0.3 is 14.8 Å². The molecule has 1 aromatic heterocycles. The van der Waals surface area contributed by atoms with E-state index in [0.29, 0.717) is 5.56 Å². The summed E-state index contributed by atoms with van der Waals surface area (Å²) >= 11 is 0. The van der Waals surface area contributed by atoms with Gasteiger partial charge in [-0.1, -0.05) is 17.7 Å². The van der Waals surface area contributed by atoms with Crippen molar-refractivity contribution in [1.29, 1.82) is 0 Å². The van der Waals surface area contributed by atoms with Gasteiger partial charge in [-0.3, -0.25) is 9.59 Å². The zero-order valence-corrected chi connectivity index (χ0v) is 16.7. The highest BCUT2D eigenvalue weighted by Gasteiger charge is 2.15. The number of hydrogen-bond acceptors (Lipinski definition) is 2. The third-order valence-electron chi connectivity index (χ3n) is 4.71. The molecule has 0 unspecified atom stereocenters. The van der Waals surface area contributed by atoms with Crippen molar-refractivity contribution in [2.75, 3.05) is 18.9 Å². The first-order valence-corrected chi connectivity index (χ1v) is 9.22. The van der Waals surface area contributed by atoms with Gasteiger partial charge in [0.1, 0.15) is 0 Å². The van der Waals surface area contributed by atoms with E-state index < -0.39 is 0 Å². The molecule has 0 saturated carbocycles. The first-order chi connectivity index (χ1) is 13.3. The Hall–Kier alpha value is -3.34. The topological polar surface area (TPSA) is 54.3 Å². The van der Waals surface area contributed by atoms with Crippen molar-refractivity contribution in [2.45, 2.75) is 20.8 Å². The standard InChI is InChI=1S/C23H25N3O2/c1-16-5-11-20(12-6-16)24-22(27)15-25(4)23(28)19-9-13-21(14-10-19)26-17(2)7-8-18(26)3/h5-14H,15H2,1-4H3,(H,24,27). The Bertz CT molecular complexity index is 966. The van der Waals surface area contributed by atoms with Crippen LogP contribution in [-0.4, -0.2) is 34.9 Å². The van der Waals surface area contributed by atoms with Gasteiger partial charge in [0.2, 0.25) is 5.91 Å². The van der Waals surface area contributed by atoms with Gasteiger partial charge in [0.15, 0.2) is 0 Å². The molecule has 3 rings (SSSR count). The van der Waals surface area contributed by atoms with E-state index >= 15 is 0 Å². The van der Waals surface area contributed by atoms with Crippen molar-refractivity contribution in [3.63, 3.8) is 0 Å². The molecule has 1 heterocycles. The number of anilines is 1. The van der Waals surface area contributed by atoms with E-state index in [2.05, 4.69) is 22.0 Å². The summed E-state index contributed by atoms with van der Waals surface area (Å²) in [6.45, 7) is 6.07. The number of amides is 2. The number of rotatable bonds is 5. The van der Waals surface area contributed by atoms with E-state index in [4.69, 9.17) is 0 Å². The fourth-order valence-electron chi connectivity index (χ4n) is 3.17. The second-order valence-corrected chi connectivity index (χ2v) is 7.07. The van der Waals surface area contributed by atoms with Crippen LogP contribution in [0.25, 0.3) is 5.69 Å². The monoisotopic (exact) mass is 375 g/mol. The molecular formula is C23H25N3O2. The summed E-state index contributed by atoms with van der Waals surface area (Å²) in [5.41, 5.74) is 5.69. The van der Waals surface area contributed by atoms with Crippen molar-refractivity contribution >= 4 is 17.5 Å². The maximum absolute atomic E-state index is 12.6. The fourth-order valence-corrected chi connectivity index (χ4v) is 3.17. The number of carbonyl (C=O) groups is 2. The number of nitrogens with one attached hydrogen (secondary N) is 1. The molecule has 0 fully saturated rings. The van der Waals surface area contributed by atoms with Gasteiger partial charge in [-0.25, -0.2) is 0 Å². The Morgan fingerprint density at radius 2 is 1.43 bits per heavy atom. The molecule has 1 N–H and O–H groups in total. The Labute approximate surface area is 165 Å². The normalized spacial score (nSPS) is 10.6. The fraction of sp³-hybridized carbons (Fsp3) is 0.217. The largest absolute Gasteiger partial charge is 0.332 e. The van der Waals surface area contributed by atoms with Gasteiger partial charge in [0, 0.05) is 35.4 Å². The van der Waals surface area contributed by atoms with Crippen LogP contribution in [0, 0.1) is 20.8 Å². The molecule has 0 spiro atoms. The van der Waals surface area contributed by atoms with Crippen LogP contribution < -0.4 is 5.32 Å². The summed E-state index contributed by atoms with van der Waals surface area (Å²) in [5, 5.41) is 2.81. The van der Waals surface area contributed by atoms with Crippen LogP contribution in [-0.2, 0) is 4.79 Å². The third-order valence-corrected chi connectivity index (χ3v) is 4.71. The predicted molar refractivity (Wildman–Crippen MR) is 112 cm³/mol. The zero-order chi connectivity index (χ0) is 20.3. The second kappa shape index (κ2) is 8.13. The summed E-state index contributed by atoms with van der Waals surface area (Å²) in [7, 11) is 1.63. The van der Waals surface area contributed by atoms with Crippen LogP contribution in [0.1, 0.15) is 27.3 Å². The van der Waals surface area contributed by atoms with E-state index in [1.165, 1.54) is 4.90 Å². The predicted octanol–water partition coefficient (Wildman–Crippen LogP) is 4.11. The van der Waals surface area contributed by atoms with Crippen molar-refractivity contribution in [3.8, 4) is 5.69 Å². The van der Waals surface area contributed by atoms with Gasteiger partial charge in [-0.15, -0.1) is 0 Å². The summed E-state index contributed by atoms with van der Waals surface area (Å²) < 4.78 is 2.13. The molecule has 0 bridgehead atoms. The summed E-state index contributed by atoms with van der Waals surface area (Å²) in [6, 6.07) is 19.1. The molecule has 2 aromatic carbocycles. The lowest BCUT2D eigenvalue weighted by atomic mass is 10.1. The lowest BCUT2D eigenvalue weighted by Gasteiger charge is -2.17. The highest BCUT2D eigenvalue weighted by Crippen LogP contribution is 2.17.